The van der Waals surface area contributed by atoms with E-state index in [4.69, 9.17) is 11.6 Å². The van der Waals surface area contributed by atoms with Gasteiger partial charge < -0.3 is 4.74 Å². The van der Waals surface area contributed by atoms with Gasteiger partial charge in [-0.25, -0.2) is 4.79 Å². The maximum atomic E-state index is 11.7. The molecule has 0 N–H and O–H groups in total. The summed E-state index contributed by atoms with van der Waals surface area (Å²) in [6.07, 6.45) is 0. The topological polar surface area (TPSA) is 43.4 Å². The minimum atomic E-state index is -0.827. The quantitative estimate of drug-likeness (QED) is 0.489. The van der Waals surface area contributed by atoms with Crippen molar-refractivity contribution in [2.45, 2.75) is 6.92 Å². The lowest BCUT2D eigenvalue weighted by Gasteiger charge is -2.04. The van der Waals surface area contributed by atoms with Gasteiger partial charge in [-0.1, -0.05) is 48.0 Å². The van der Waals surface area contributed by atoms with E-state index in [9.17, 15) is 9.59 Å². The van der Waals surface area contributed by atoms with E-state index in [1.54, 1.807) is 43.3 Å². The van der Waals surface area contributed by atoms with Crippen LogP contribution in [-0.2, 0) is 9.53 Å². The molecule has 0 unspecified atom stereocenters. The summed E-state index contributed by atoms with van der Waals surface area (Å²) in [4.78, 5) is 23.1. The first-order chi connectivity index (χ1) is 9.61. The average molecular weight is 289 g/mol. The zero-order valence-electron chi connectivity index (χ0n) is 10.9. The van der Waals surface area contributed by atoms with E-state index in [0.717, 1.165) is 11.1 Å². The van der Waals surface area contributed by atoms with Crippen molar-refractivity contribution in [1.29, 1.82) is 0 Å². The molecule has 2 aromatic carbocycles. The molecule has 0 aliphatic carbocycles. The van der Waals surface area contributed by atoms with Crippen LogP contribution in [0.15, 0.2) is 48.5 Å². The largest absolute Gasteiger partial charge is 0.460 e. The minimum absolute atomic E-state index is 0.188. The first-order valence-electron chi connectivity index (χ1n) is 6.19. The predicted molar refractivity (Wildman–Crippen MR) is 77.9 cm³/mol. The third kappa shape index (κ3) is 3.25. The highest BCUT2D eigenvalue weighted by atomic mass is 35.5. The molecule has 0 aliphatic heterocycles. The van der Waals surface area contributed by atoms with Crippen molar-refractivity contribution in [3.05, 3.63) is 59.1 Å². The standard InChI is InChI=1S/C16H13ClO3/c1-2-20-16(19)15(18)13-5-3-11(4-6-13)12-7-9-14(17)10-8-12/h3-10H,2H2,1H3. The number of hydrogen-bond donors (Lipinski definition) is 0. The van der Waals surface area contributed by atoms with E-state index >= 15 is 0 Å². The molecule has 0 heterocycles. The number of Topliss-reactive ketones (excluding diaryl/α,β-unsaturated/α-hetero) is 1. The van der Waals surface area contributed by atoms with Gasteiger partial charge in [0.15, 0.2) is 0 Å². The zero-order chi connectivity index (χ0) is 14.5. The number of halogens is 1. The summed E-state index contributed by atoms with van der Waals surface area (Å²) in [5.74, 6) is -1.46. The Kier molecular flexibility index (Phi) is 4.53. The van der Waals surface area contributed by atoms with E-state index in [-0.39, 0.29) is 6.61 Å². The number of ether oxygens (including phenoxy) is 1. The van der Waals surface area contributed by atoms with E-state index in [1.165, 1.54) is 0 Å². The van der Waals surface area contributed by atoms with Gasteiger partial charge in [0.05, 0.1) is 6.61 Å². The smallest absolute Gasteiger partial charge is 0.379 e. The van der Waals surface area contributed by atoms with Gasteiger partial charge in [-0.15, -0.1) is 0 Å². The summed E-state index contributed by atoms with van der Waals surface area (Å²) >= 11 is 5.83. The van der Waals surface area contributed by atoms with Gasteiger partial charge in [-0.05, 0) is 30.2 Å². The summed E-state index contributed by atoms with van der Waals surface area (Å²) in [5.41, 5.74) is 2.26. The number of benzene rings is 2. The number of hydrogen-bond acceptors (Lipinski definition) is 3. The highest BCUT2D eigenvalue weighted by molar-refractivity contribution is 6.40. The molecule has 0 spiro atoms. The molecule has 102 valence electrons. The Balaban J connectivity index is 2.20. The molecule has 3 nitrogen and oxygen atoms in total. The third-order valence-corrected chi connectivity index (χ3v) is 3.04. The molecule has 0 bridgehead atoms. The van der Waals surface area contributed by atoms with Gasteiger partial charge in [0, 0.05) is 10.6 Å². The fraction of sp³-hybridized carbons (Fsp3) is 0.125. The molecule has 0 radical (unpaired) electrons. The van der Waals surface area contributed by atoms with Crippen molar-refractivity contribution in [3.63, 3.8) is 0 Å². The lowest BCUT2D eigenvalue weighted by atomic mass is 10.0. The molecule has 20 heavy (non-hydrogen) atoms. The van der Waals surface area contributed by atoms with Crippen LogP contribution in [0.2, 0.25) is 5.02 Å². The molecular formula is C16H13ClO3. The second-order valence-corrected chi connectivity index (χ2v) is 4.57. The molecule has 4 heteroatoms. The Morgan fingerprint density at radius 1 is 0.950 bits per heavy atom. The zero-order valence-corrected chi connectivity index (χ0v) is 11.7. The Bertz CT molecular complexity index is 615. The van der Waals surface area contributed by atoms with Crippen LogP contribution >= 0.6 is 11.6 Å². The van der Waals surface area contributed by atoms with Gasteiger partial charge in [0.2, 0.25) is 0 Å². The van der Waals surface area contributed by atoms with E-state index in [2.05, 4.69) is 4.74 Å². The molecule has 0 aliphatic rings. The highest BCUT2D eigenvalue weighted by Gasteiger charge is 2.16. The Hall–Kier alpha value is -2.13. The number of ketones is 1. The van der Waals surface area contributed by atoms with Crippen molar-refractivity contribution < 1.29 is 14.3 Å². The molecule has 0 aromatic heterocycles. The summed E-state index contributed by atoms with van der Waals surface area (Å²) in [7, 11) is 0. The Morgan fingerprint density at radius 2 is 1.45 bits per heavy atom. The molecule has 0 atom stereocenters. The van der Waals surface area contributed by atoms with Crippen LogP contribution in [0.3, 0.4) is 0 Å². The third-order valence-electron chi connectivity index (χ3n) is 2.79. The Labute approximate surface area is 122 Å². The van der Waals surface area contributed by atoms with E-state index in [0.29, 0.717) is 10.6 Å². The molecule has 0 saturated heterocycles. The fourth-order valence-corrected chi connectivity index (χ4v) is 1.90. The molecule has 0 amide bonds. The second kappa shape index (κ2) is 6.35. The van der Waals surface area contributed by atoms with Gasteiger partial charge in [0.1, 0.15) is 0 Å². The maximum absolute atomic E-state index is 11.7. The SMILES string of the molecule is CCOC(=O)C(=O)c1ccc(-c2ccc(Cl)cc2)cc1. The van der Waals surface area contributed by atoms with Gasteiger partial charge in [0.25, 0.3) is 5.78 Å². The molecule has 2 rings (SSSR count). The summed E-state index contributed by atoms with van der Waals surface area (Å²) in [6.45, 7) is 1.85. The highest BCUT2D eigenvalue weighted by Crippen LogP contribution is 2.22. The van der Waals surface area contributed by atoms with Crippen molar-refractivity contribution >= 4 is 23.4 Å². The lowest BCUT2D eigenvalue weighted by Crippen LogP contribution is -2.17. The number of rotatable bonds is 4. The van der Waals surface area contributed by atoms with Crippen LogP contribution in [0.5, 0.6) is 0 Å². The summed E-state index contributed by atoms with van der Waals surface area (Å²) < 4.78 is 4.68. The predicted octanol–water partition coefficient (Wildman–Crippen LogP) is 3.75. The van der Waals surface area contributed by atoms with Gasteiger partial charge in [-0.3, -0.25) is 4.79 Å². The number of esters is 1. The molecule has 0 saturated carbocycles. The van der Waals surface area contributed by atoms with Crippen molar-refractivity contribution in [3.8, 4) is 11.1 Å². The van der Waals surface area contributed by atoms with Gasteiger partial charge >= 0.3 is 5.97 Å². The van der Waals surface area contributed by atoms with Crippen LogP contribution in [-0.4, -0.2) is 18.4 Å². The van der Waals surface area contributed by atoms with Crippen LogP contribution in [0, 0.1) is 0 Å². The van der Waals surface area contributed by atoms with Crippen molar-refractivity contribution in [2.24, 2.45) is 0 Å². The van der Waals surface area contributed by atoms with Crippen molar-refractivity contribution in [2.75, 3.05) is 6.61 Å². The van der Waals surface area contributed by atoms with E-state index in [1.807, 2.05) is 12.1 Å². The fourth-order valence-electron chi connectivity index (χ4n) is 1.77. The molecular weight excluding hydrogens is 276 g/mol. The number of carbonyl (C=O) groups excluding carboxylic acids is 2. The molecule has 2 aromatic rings. The molecule has 0 fully saturated rings. The summed E-state index contributed by atoms with van der Waals surface area (Å²) in [5, 5.41) is 0.669. The van der Waals surface area contributed by atoms with Crippen LogP contribution in [0.1, 0.15) is 17.3 Å². The normalized spacial score (nSPS) is 10.1. The first-order valence-corrected chi connectivity index (χ1v) is 6.57. The van der Waals surface area contributed by atoms with Crippen LogP contribution < -0.4 is 0 Å². The van der Waals surface area contributed by atoms with Crippen LogP contribution in [0.25, 0.3) is 11.1 Å². The summed E-state index contributed by atoms with van der Waals surface area (Å²) in [6, 6.07) is 14.2. The average Bonchev–Trinajstić information content (AvgIpc) is 2.48. The Morgan fingerprint density at radius 3 is 1.95 bits per heavy atom. The number of carbonyl (C=O) groups is 2. The maximum Gasteiger partial charge on any atom is 0.379 e. The van der Waals surface area contributed by atoms with Gasteiger partial charge in [-0.2, -0.15) is 0 Å². The first kappa shape index (κ1) is 14.3. The second-order valence-electron chi connectivity index (χ2n) is 4.13. The van der Waals surface area contributed by atoms with Crippen LogP contribution in [0.4, 0.5) is 0 Å². The lowest BCUT2D eigenvalue weighted by molar-refractivity contribution is -0.137. The monoisotopic (exact) mass is 288 g/mol. The minimum Gasteiger partial charge on any atom is -0.460 e. The van der Waals surface area contributed by atoms with Crippen molar-refractivity contribution in [1.82, 2.24) is 0 Å². The van der Waals surface area contributed by atoms with E-state index < -0.39 is 11.8 Å².